The highest BCUT2D eigenvalue weighted by Gasteiger charge is 2.02. The summed E-state index contributed by atoms with van der Waals surface area (Å²) >= 11 is 3.40. The molecule has 1 N–H and O–H groups in total. The number of nitrogens with zero attached hydrogens (tertiary/aromatic N) is 1. The van der Waals surface area contributed by atoms with Gasteiger partial charge in [0.1, 0.15) is 5.75 Å². The van der Waals surface area contributed by atoms with Crippen LogP contribution >= 0.6 is 15.9 Å². The highest BCUT2D eigenvalue weighted by molar-refractivity contribution is 9.10. The van der Waals surface area contributed by atoms with Crippen molar-refractivity contribution in [3.05, 3.63) is 64.1 Å². The van der Waals surface area contributed by atoms with Crippen molar-refractivity contribution in [3.63, 3.8) is 0 Å². The third-order valence-electron chi connectivity index (χ3n) is 3.02. The molecule has 0 aliphatic carbocycles. The van der Waals surface area contributed by atoms with Gasteiger partial charge in [0.25, 0.3) is 5.91 Å². The first-order valence-electron chi connectivity index (χ1n) is 6.98. The highest BCUT2D eigenvalue weighted by atomic mass is 79.9. The molecule has 2 aromatic carbocycles. The standard InChI is InChI=1S/C17H17BrN2O3/c1-22-15-8-6-13(7-9-15)10-19-17(21)12-23-20-11-14-4-2-3-5-16(14)18/h2-9,11H,10,12H2,1H3,(H,19,21)/b20-11-. The number of methoxy groups -OCH3 is 1. The second-order valence-electron chi connectivity index (χ2n) is 4.65. The van der Waals surface area contributed by atoms with Crippen LogP contribution in [0.4, 0.5) is 0 Å². The fourth-order valence-electron chi connectivity index (χ4n) is 1.76. The predicted octanol–water partition coefficient (Wildman–Crippen LogP) is 3.12. The third kappa shape index (κ3) is 5.75. The van der Waals surface area contributed by atoms with Crippen LogP contribution in [0.25, 0.3) is 0 Å². The Kier molecular flexibility index (Phi) is 6.62. The van der Waals surface area contributed by atoms with Crippen LogP contribution in [0, 0.1) is 0 Å². The van der Waals surface area contributed by atoms with Gasteiger partial charge in [-0.2, -0.15) is 0 Å². The van der Waals surface area contributed by atoms with Gasteiger partial charge < -0.3 is 14.9 Å². The molecule has 0 fully saturated rings. The molecule has 0 radical (unpaired) electrons. The fourth-order valence-corrected chi connectivity index (χ4v) is 2.15. The Morgan fingerprint density at radius 2 is 1.96 bits per heavy atom. The lowest BCUT2D eigenvalue weighted by atomic mass is 10.2. The molecule has 0 unspecified atom stereocenters. The lowest BCUT2D eigenvalue weighted by molar-refractivity contribution is -0.125. The zero-order valence-electron chi connectivity index (χ0n) is 12.7. The van der Waals surface area contributed by atoms with Gasteiger partial charge in [0.2, 0.25) is 0 Å². The molecule has 0 aromatic heterocycles. The van der Waals surface area contributed by atoms with Crippen molar-refractivity contribution in [2.75, 3.05) is 13.7 Å². The van der Waals surface area contributed by atoms with Crippen LogP contribution in [-0.4, -0.2) is 25.8 Å². The zero-order valence-corrected chi connectivity index (χ0v) is 14.2. The molecule has 0 atom stereocenters. The minimum atomic E-state index is -0.231. The Balaban J connectivity index is 1.71. The number of amides is 1. The summed E-state index contributed by atoms with van der Waals surface area (Å²) in [5, 5.41) is 6.55. The molecule has 0 bridgehead atoms. The van der Waals surface area contributed by atoms with Crippen LogP contribution in [0.5, 0.6) is 5.75 Å². The molecule has 0 saturated heterocycles. The molecule has 2 rings (SSSR count). The number of oxime groups is 1. The molecule has 0 aliphatic heterocycles. The molecule has 0 saturated carbocycles. The maximum Gasteiger partial charge on any atom is 0.261 e. The van der Waals surface area contributed by atoms with Crippen molar-refractivity contribution in [2.24, 2.45) is 5.16 Å². The average molecular weight is 377 g/mol. The van der Waals surface area contributed by atoms with Gasteiger partial charge in [0.15, 0.2) is 6.61 Å². The summed E-state index contributed by atoms with van der Waals surface area (Å²) in [4.78, 5) is 16.7. The fraction of sp³-hybridized carbons (Fsp3) is 0.176. The van der Waals surface area contributed by atoms with Crippen LogP contribution in [0.3, 0.4) is 0 Å². The van der Waals surface area contributed by atoms with Crippen LogP contribution in [0.1, 0.15) is 11.1 Å². The van der Waals surface area contributed by atoms with E-state index in [1.807, 2.05) is 48.5 Å². The lowest BCUT2D eigenvalue weighted by Gasteiger charge is -2.05. The maximum absolute atomic E-state index is 11.7. The van der Waals surface area contributed by atoms with E-state index in [-0.39, 0.29) is 12.5 Å². The monoisotopic (exact) mass is 376 g/mol. The second kappa shape index (κ2) is 8.95. The van der Waals surface area contributed by atoms with E-state index in [2.05, 4.69) is 26.4 Å². The summed E-state index contributed by atoms with van der Waals surface area (Å²) in [5.41, 5.74) is 1.86. The van der Waals surface area contributed by atoms with Crippen LogP contribution in [0.15, 0.2) is 58.2 Å². The third-order valence-corrected chi connectivity index (χ3v) is 3.74. The number of halogens is 1. The van der Waals surface area contributed by atoms with E-state index in [1.54, 1.807) is 13.3 Å². The molecule has 0 heterocycles. The second-order valence-corrected chi connectivity index (χ2v) is 5.51. The van der Waals surface area contributed by atoms with Crippen molar-refractivity contribution in [1.82, 2.24) is 5.32 Å². The zero-order chi connectivity index (χ0) is 16.5. The quantitative estimate of drug-likeness (QED) is 0.596. The van der Waals surface area contributed by atoms with E-state index in [0.717, 1.165) is 21.3 Å². The average Bonchev–Trinajstić information content (AvgIpc) is 2.59. The summed E-state index contributed by atoms with van der Waals surface area (Å²) in [6, 6.07) is 15.1. The Morgan fingerprint density at radius 3 is 2.65 bits per heavy atom. The number of carbonyl (C=O) groups is 1. The molecule has 0 spiro atoms. The van der Waals surface area contributed by atoms with E-state index in [1.165, 1.54) is 0 Å². The molecular formula is C17H17BrN2O3. The molecule has 5 nitrogen and oxygen atoms in total. The van der Waals surface area contributed by atoms with Gasteiger partial charge in [-0.1, -0.05) is 51.4 Å². The molecule has 1 amide bonds. The van der Waals surface area contributed by atoms with E-state index < -0.39 is 0 Å². The SMILES string of the molecule is COc1ccc(CNC(=O)CO/N=C\c2ccccc2Br)cc1. The first-order valence-corrected chi connectivity index (χ1v) is 7.78. The number of benzene rings is 2. The smallest absolute Gasteiger partial charge is 0.261 e. The Hall–Kier alpha value is -2.34. The predicted molar refractivity (Wildman–Crippen MR) is 92.5 cm³/mol. The maximum atomic E-state index is 11.7. The van der Waals surface area contributed by atoms with Gasteiger partial charge in [-0.3, -0.25) is 4.79 Å². The van der Waals surface area contributed by atoms with Crippen LogP contribution in [0.2, 0.25) is 0 Å². The summed E-state index contributed by atoms with van der Waals surface area (Å²) in [5.74, 6) is 0.551. The van der Waals surface area contributed by atoms with Crippen molar-refractivity contribution in [3.8, 4) is 5.75 Å². The molecule has 120 valence electrons. The Labute approximate surface area is 143 Å². The van der Waals surface area contributed by atoms with E-state index in [9.17, 15) is 4.79 Å². The van der Waals surface area contributed by atoms with Gasteiger partial charge in [-0.05, 0) is 23.8 Å². The Bertz CT molecular complexity index is 672. The first kappa shape index (κ1) is 17.0. The van der Waals surface area contributed by atoms with Gasteiger partial charge in [-0.25, -0.2) is 0 Å². The Morgan fingerprint density at radius 1 is 1.22 bits per heavy atom. The van der Waals surface area contributed by atoms with Crippen molar-refractivity contribution in [1.29, 1.82) is 0 Å². The van der Waals surface area contributed by atoms with Crippen LogP contribution < -0.4 is 10.1 Å². The van der Waals surface area contributed by atoms with Crippen LogP contribution in [-0.2, 0) is 16.2 Å². The minimum absolute atomic E-state index is 0.128. The number of hydrogen-bond acceptors (Lipinski definition) is 4. The minimum Gasteiger partial charge on any atom is -0.497 e. The van der Waals surface area contributed by atoms with Crippen molar-refractivity contribution in [2.45, 2.75) is 6.54 Å². The van der Waals surface area contributed by atoms with Gasteiger partial charge >= 0.3 is 0 Å². The summed E-state index contributed by atoms with van der Waals surface area (Å²) in [7, 11) is 1.61. The summed E-state index contributed by atoms with van der Waals surface area (Å²) in [6.07, 6.45) is 1.56. The molecule has 0 aliphatic rings. The molecule has 2 aromatic rings. The van der Waals surface area contributed by atoms with Gasteiger partial charge in [0.05, 0.1) is 13.3 Å². The topological polar surface area (TPSA) is 59.9 Å². The number of hydrogen-bond donors (Lipinski definition) is 1. The van der Waals surface area contributed by atoms with Crippen molar-refractivity contribution >= 4 is 28.1 Å². The van der Waals surface area contributed by atoms with Gasteiger partial charge in [0, 0.05) is 16.6 Å². The summed E-state index contributed by atoms with van der Waals surface area (Å²) in [6.45, 7) is 0.303. The van der Waals surface area contributed by atoms with E-state index >= 15 is 0 Å². The van der Waals surface area contributed by atoms with E-state index in [4.69, 9.17) is 9.57 Å². The normalized spacial score (nSPS) is 10.5. The molecule has 6 heteroatoms. The number of rotatable bonds is 7. The van der Waals surface area contributed by atoms with Gasteiger partial charge in [-0.15, -0.1) is 0 Å². The number of ether oxygens (including phenoxy) is 1. The highest BCUT2D eigenvalue weighted by Crippen LogP contribution is 2.13. The van der Waals surface area contributed by atoms with E-state index in [0.29, 0.717) is 6.54 Å². The molecular weight excluding hydrogens is 360 g/mol. The number of nitrogens with one attached hydrogen (secondary N) is 1. The lowest BCUT2D eigenvalue weighted by Crippen LogP contribution is -2.26. The number of carbonyl (C=O) groups excluding carboxylic acids is 1. The summed E-state index contributed by atoms with van der Waals surface area (Å²) < 4.78 is 5.99. The molecule has 23 heavy (non-hydrogen) atoms. The first-order chi connectivity index (χ1) is 11.2. The largest absolute Gasteiger partial charge is 0.497 e. The van der Waals surface area contributed by atoms with Crippen molar-refractivity contribution < 1.29 is 14.4 Å².